The van der Waals surface area contributed by atoms with Crippen molar-refractivity contribution in [1.29, 1.82) is 0 Å². The summed E-state index contributed by atoms with van der Waals surface area (Å²) in [6, 6.07) is 24.1. The van der Waals surface area contributed by atoms with Crippen molar-refractivity contribution in [2.75, 3.05) is 0 Å². The van der Waals surface area contributed by atoms with Crippen molar-refractivity contribution in [2.24, 2.45) is 0 Å². The van der Waals surface area contributed by atoms with Crippen LogP contribution in [0.3, 0.4) is 0 Å². The maximum Gasteiger partial charge on any atom is 0.165 e. The molecule has 0 saturated heterocycles. The van der Waals surface area contributed by atoms with Crippen LogP contribution in [-0.4, -0.2) is 0 Å². The molecule has 3 aromatic carbocycles. The van der Waals surface area contributed by atoms with Gasteiger partial charge in [-0.2, -0.15) is 0 Å². The van der Waals surface area contributed by atoms with Crippen LogP contribution in [0.15, 0.2) is 83.5 Å². The maximum atomic E-state index is 6.08. The second kappa shape index (κ2) is 7.36. The lowest BCUT2D eigenvalue weighted by Gasteiger charge is -2.13. The SMILES string of the molecule is Cc1coc2cc(OCc3ccccc3)c(OCc3ccccc3)cc12. The van der Waals surface area contributed by atoms with Crippen molar-refractivity contribution in [3.8, 4) is 11.5 Å². The number of aryl methyl sites for hydroxylation is 1. The van der Waals surface area contributed by atoms with Crippen molar-refractivity contribution < 1.29 is 13.9 Å². The number of fused-ring (bicyclic) bond motifs is 1. The maximum absolute atomic E-state index is 6.08. The molecule has 1 heterocycles. The summed E-state index contributed by atoms with van der Waals surface area (Å²) in [5, 5.41) is 1.04. The molecular formula is C23H20O3. The summed E-state index contributed by atoms with van der Waals surface area (Å²) >= 11 is 0. The van der Waals surface area contributed by atoms with E-state index in [-0.39, 0.29) is 0 Å². The fourth-order valence-electron chi connectivity index (χ4n) is 2.86. The summed E-state index contributed by atoms with van der Waals surface area (Å²) in [6.45, 7) is 3.00. The summed E-state index contributed by atoms with van der Waals surface area (Å²) in [5.41, 5.74) is 4.11. The van der Waals surface area contributed by atoms with Gasteiger partial charge in [0.05, 0.1) is 6.26 Å². The van der Waals surface area contributed by atoms with Crippen LogP contribution in [0.4, 0.5) is 0 Å². The third kappa shape index (κ3) is 3.57. The van der Waals surface area contributed by atoms with E-state index in [0.29, 0.717) is 19.0 Å². The van der Waals surface area contributed by atoms with Gasteiger partial charge in [-0.3, -0.25) is 0 Å². The van der Waals surface area contributed by atoms with Gasteiger partial charge in [-0.1, -0.05) is 60.7 Å². The summed E-state index contributed by atoms with van der Waals surface area (Å²) in [6.07, 6.45) is 1.76. The van der Waals surface area contributed by atoms with Gasteiger partial charge in [0.1, 0.15) is 18.8 Å². The van der Waals surface area contributed by atoms with Crippen LogP contribution in [0, 0.1) is 6.92 Å². The van der Waals surface area contributed by atoms with Gasteiger partial charge in [0.2, 0.25) is 0 Å². The van der Waals surface area contributed by atoms with Crippen LogP contribution < -0.4 is 9.47 Å². The fourth-order valence-corrected chi connectivity index (χ4v) is 2.86. The smallest absolute Gasteiger partial charge is 0.165 e. The Kier molecular flexibility index (Phi) is 4.61. The minimum atomic E-state index is 0.480. The topological polar surface area (TPSA) is 31.6 Å². The number of ether oxygens (including phenoxy) is 2. The molecule has 0 spiro atoms. The monoisotopic (exact) mass is 344 g/mol. The zero-order chi connectivity index (χ0) is 17.8. The molecule has 4 rings (SSSR count). The third-order valence-electron chi connectivity index (χ3n) is 4.31. The molecule has 130 valence electrons. The Labute approximate surface area is 152 Å². The zero-order valence-electron chi connectivity index (χ0n) is 14.6. The van der Waals surface area contributed by atoms with Gasteiger partial charge in [0.25, 0.3) is 0 Å². The first-order valence-electron chi connectivity index (χ1n) is 8.65. The molecule has 0 bridgehead atoms. The van der Waals surface area contributed by atoms with E-state index in [1.165, 1.54) is 0 Å². The molecule has 0 atom stereocenters. The zero-order valence-corrected chi connectivity index (χ0v) is 14.6. The Morgan fingerprint density at radius 1 is 0.731 bits per heavy atom. The average Bonchev–Trinajstić information content (AvgIpc) is 3.06. The predicted molar refractivity (Wildman–Crippen MR) is 102 cm³/mol. The van der Waals surface area contributed by atoms with Crippen molar-refractivity contribution in [1.82, 2.24) is 0 Å². The van der Waals surface area contributed by atoms with Crippen molar-refractivity contribution in [3.63, 3.8) is 0 Å². The number of hydrogen-bond donors (Lipinski definition) is 0. The van der Waals surface area contributed by atoms with Gasteiger partial charge in [0, 0.05) is 11.5 Å². The summed E-state index contributed by atoms with van der Waals surface area (Å²) in [5.74, 6) is 1.41. The van der Waals surface area contributed by atoms with Gasteiger partial charge in [0.15, 0.2) is 11.5 Å². The molecule has 0 radical (unpaired) electrons. The molecule has 0 aliphatic rings. The van der Waals surface area contributed by atoms with Crippen molar-refractivity contribution in [3.05, 3.63) is 95.7 Å². The molecular weight excluding hydrogens is 324 g/mol. The van der Waals surface area contributed by atoms with Crippen molar-refractivity contribution >= 4 is 11.0 Å². The summed E-state index contributed by atoms with van der Waals surface area (Å²) in [7, 11) is 0. The molecule has 1 aromatic heterocycles. The largest absolute Gasteiger partial charge is 0.485 e. The van der Waals surface area contributed by atoms with E-state index >= 15 is 0 Å². The number of rotatable bonds is 6. The first-order chi connectivity index (χ1) is 12.8. The molecule has 0 N–H and O–H groups in total. The first-order valence-corrected chi connectivity index (χ1v) is 8.65. The third-order valence-corrected chi connectivity index (χ3v) is 4.31. The van der Waals surface area contributed by atoms with Gasteiger partial charge in [-0.25, -0.2) is 0 Å². The first kappa shape index (κ1) is 16.3. The number of benzene rings is 3. The van der Waals surface area contributed by atoms with Crippen LogP contribution in [0.25, 0.3) is 11.0 Å². The highest BCUT2D eigenvalue weighted by Crippen LogP contribution is 2.35. The van der Waals surface area contributed by atoms with Gasteiger partial charge < -0.3 is 13.9 Å². The highest BCUT2D eigenvalue weighted by atomic mass is 16.5. The molecule has 3 heteroatoms. The Hall–Kier alpha value is -3.20. The van der Waals surface area contributed by atoms with Crippen LogP contribution in [-0.2, 0) is 13.2 Å². The summed E-state index contributed by atoms with van der Waals surface area (Å²) < 4.78 is 17.7. The molecule has 26 heavy (non-hydrogen) atoms. The van der Waals surface area contributed by atoms with Crippen LogP contribution in [0.5, 0.6) is 11.5 Å². The Bertz CT molecular complexity index is 988. The molecule has 0 aliphatic heterocycles. The van der Waals surface area contributed by atoms with Gasteiger partial charge >= 0.3 is 0 Å². The summed E-state index contributed by atoms with van der Waals surface area (Å²) in [4.78, 5) is 0. The van der Waals surface area contributed by atoms with E-state index < -0.39 is 0 Å². The van der Waals surface area contributed by atoms with Crippen LogP contribution in [0.1, 0.15) is 16.7 Å². The lowest BCUT2D eigenvalue weighted by molar-refractivity contribution is 0.256. The lowest BCUT2D eigenvalue weighted by Crippen LogP contribution is -2.00. The predicted octanol–water partition coefficient (Wildman–Crippen LogP) is 5.90. The van der Waals surface area contributed by atoms with E-state index in [2.05, 4.69) is 0 Å². The minimum absolute atomic E-state index is 0.480. The second-order valence-corrected chi connectivity index (χ2v) is 6.26. The van der Waals surface area contributed by atoms with E-state index in [4.69, 9.17) is 13.9 Å². The van der Waals surface area contributed by atoms with Crippen LogP contribution >= 0.6 is 0 Å². The average molecular weight is 344 g/mol. The normalized spacial score (nSPS) is 10.8. The second-order valence-electron chi connectivity index (χ2n) is 6.26. The quantitative estimate of drug-likeness (QED) is 0.436. The molecule has 3 nitrogen and oxygen atoms in total. The molecule has 0 fully saturated rings. The number of furan rings is 1. The Morgan fingerprint density at radius 2 is 1.27 bits per heavy atom. The standard InChI is InChI=1S/C23H20O3/c1-17-14-24-21-13-23(26-16-19-10-6-3-7-11-19)22(12-20(17)21)25-15-18-8-4-2-5-9-18/h2-14H,15-16H2,1H3. The van der Waals surface area contributed by atoms with E-state index in [9.17, 15) is 0 Å². The lowest BCUT2D eigenvalue weighted by atomic mass is 10.1. The molecule has 0 saturated carbocycles. The molecule has 0 aliphatic carbocycles. The Balaban J connectivity index is 1.60. The molecule has 4 aromatic rings. The van der Waals surface area contributed by atoms with Crippen molar-refractivity contribution in [2.45, 2.75) is 20.1 Å². The van der Waals surface area contributed by atoms with E-state index in [0.717, 1.165) is 33.4 Å². The minimum Gasteiger partial charge on any atom is -0.485 e. The highest BCUT2D eigenvalue weighted by molar-refractivity contribution is 5.84. The molecule has 0 unspecified atom stereocenters. The van der Waals surface area contributed by atoms with Crippen LogP contribution in [0.2, 0.25) is 0 Å². The highest BCUT2D eigenvalue weighted by Gasteiger charge is 2.12. The Morgan fingerprint density at radius 3 is 1.85 bits per heavy atom. The molecule has 0 amide bonds. The van der Waals surface area contributed by atoms with E-state index in [1.54, 1.807) is 6.26 Å². The van der Waals surface area contributed by atoms with Gasteiger partial charge in [-0.15, -0.1) is 0 Å². The van der Waals surface area contributed by atoms with Gasteiger partial charge in [-0.05, 0) is 29.7 Å². The van der Waals surface area contributed by atoms with E-state index in [1.807, 2.05) is 79.7 Å². The number of hydrogen-bond acceptors (Lipinski definition) is 3. The fraction of sp³-hybridized carbons (Fsp3) is 0.130.